The molecule has 0 aliphatic carbocycles. The number of benzene rings is 2. The monoisotopic (exact) mass is 365 g/mol. The summed E-state index contributed by atoms with van der Waals surface area (Å²) >= 11 is 0. The number of fused-ring (bicyclic) bond motifs is 1. The lowest BCUT2D eigenvalue weighted by Crippen LogP contribution is -2.20. The van der Waals surface area contributed by atoms with Crippen LogP contribution in [-0.2, 0) is 0 Å². The van der Waals surface area contributed by atoms with Crippen LogP contribution in [0.5, 0.6) is 17.2 Å². The van der Waals surface area contributed by atoms with E-state index >= 15 is 0 Å². The summed E-state index contributed by atoms with van der Waals surface area (Å²) in [6, 6.07) is 13.2. The molecule has 0 saturated carbocycles. The first-order valence-electron chi connectivity index (χ1n) is 8.36. The average molecular weight is 365 g/mol. The second kappa shape index (κ2) is 6.99. The summed E-state index contributed by atoms with van der Waals surface area (Å²) in [4.78, 5) is 0. The molecule has 27 heavy (non-hydrogen) atoms. The number of hydrogen-bond acceptors (Lipinski definition) is 7. The zero-order valence-corrected chi connectivity index (χ0v) is 15.2. The number of tetrazole rings is 1. The van der Waals surface area contributed by atoms with Gasteiger partial charge in [-0.15, -0.1) is 0 Å². The minimum Gasteiger partial charge on any atom is -0.497 e. The number of hydrogen-bond donors (Lipinski definition) is 1. The molecule has 2 aromatic carbocycles. The predicted octanol–water partition coefficient (Wildman–Crippen LogP) is 2.75. The Morgan fingerprint density at radius 1 is 0.926 bits per heavy atom. The number of methoxy groups -OCH3 is 3. The molecule has 1 aliphatic rings. The summed E-state index contributed by atoms with van der Waals surface area (Å²) in [5.74, 6) is 2.82. The smallest absolute Gasteiger partial charge is 0.248 e. The maximum absolute atomic E-state index is 5.56. The zero-order valence-electron chi connectivity index (χ0n) is 15.2. The Morgan fingerprint density at radius 3 is 2.37 bits per heavy atom. The molecule has 138 valence electrons. The van der Waals surface area contributed by atoms with Gasteiger partial charge in [-0.3, -0.25) is 0 Å². The van der Waals surface area contributed by atoms with E-state index in [4.69, 9.17) is 14.2 Å². The minimum absolute atomic E-state index is 0.251. The molecule has 8 nitrogen and oxygen atoms in total. The van der Waals surface area contributed by atoms with Gasteiger partial charge in [-0.25, -0.2) is 0 Å². The molecule has 1 aromatic heterocycles. The van der Waals surface area contributed by atoms with Crippen LogP contribution in [0.15, 0.2) is 48.5 Å². The van der Waals surface area contributed by atoms with Crippen molar-refractivity contribution in [1.82, 2.24) is 20.2 Å². The Balaban J connectivity index is 1.82. The number of ether oxygens (including phenoxy) is 3. The second-order valence-electron chi connectivity index (χ2n) is 5.93. The third-order valence-corrected chi connectivity index (χ3v) is 4.48. The molecule has 0 spiro atoms. The van der Waals surface area contributed by atoms with Gasteiger partial charge in [0, 0.05) is 11.3 Å². The Morgan fingerprint density at radius 2 is 1.67 bits per heavy atom. The van der Waals surface area contributed by atoms with Crippen LogP contribution in [0, 0.1) is 0 Å². The minimum atomic E-state index is -0.251. The van der Waals surface area contributed by atoms with E-state index in [0.717, 1.165) is 34.1 Å². The van der Waals surface area contributed by atoms with Crippen molar-refractivity contribution in [2.45, 2.75) is 6.04 Å². The van der Waals surface area contributed by atoms with E-state index in [1.807, 2.05) is 42.5 Å². The lowest BCUT2D eigenvalue weighted by Gasteiger charge is -2.25. The van der Waals surface area contributed by atoms with Gasteiger partial charge >= 0.3 is 0 Å². The number of allylic oxidation sites excluding steroid dienone is 1. The van der Waals surface area contributed by atoms with Gasteiger partial charge in [0.1, 0.15) is 23.3 Å². The van der Waals surface area contributed by atoms with E-state index in [1.165, 1.54) is 0 Å². The largest absolute Gasteiger partial charge is 0.497 e. The second-order valence-corrected chi connectivity index (χ2v) is 5.93. The quantitative estimate of drug-likeness (QED) is 0.744. The topological polar surface area (TPSA) is 83.3 Å². The van der Waals surface area contributed by atoms with Crippen molar-refractivity contribution < 1.29 is 14.2 Å². The third-order valence-electron chi connectivity index (χ3n) is 4.48. The van der Waals surface area contributed by atoms with Gasteiger partial charge in [0.2, 0.25) is 5.95 Å². The Bertz CT molecular complexity index is 981. The van der Waals surface area contributed by atoms with Crippen LogP contribution in [0.25, 0.3) is 5.70 Å². The number of aromatic nitrogens is 4. The molecule has 0 saturated heterocycles. The molecule has 1 N–H and O–H groups in total. The maximum atomic E-state index is 5.56. The Hall–Kier alpha value is -3.55. The number of nitrogens with zero attached hydrogens (tertiary/aromatic N) is 4. The van der Waals surface area contributed by atoms with Crippen LogP contribution in [0.3, 0.4) is 0 Å². The molecule has 0 amide bonds. The normalized spacial score (nSPS) is 15.4. The van der Waals surface area contributed by atoms with Crippen molar-refractivity contribution in [3.8, 4) is 17.2 Å². The molecular weight excluding hydrogens is 346 g/mol. The van der Waals surface area contributed by atoms with E-state index in [-0.39, 0.29) is 6.04 Å². The van der Waals surface area contributed by atoms with Crippen LogP contribution in [-0.4, -0.2) is 41.5 Å². The molecule has 1 atom stereocenters. The molecule has 4 rings (SSSR count). The van der Waals surface area contributed by atoms with Crippen LogP contribution in [0.1, 0.15) is 17.2 Å². The van der Waals surface area contributed by atoms with Crippen LogP contribution >= 0.6 is 0 Å². The molecule has 3 aromatic rings. The van der Waals surface area contributed by atoms with E-state index in [1.54, 1.807) is 26.0 Å². The summed E-state index contributed by atoms with van der Waals surface area (Å²) in [6.45, 7) is 0. The van der Waals surface area contributed by atoms with Gasteiger partial charge in [0.25, 0.3) is 0 Å². The molecular formula is C19H19N5O3. The molecule has 0 fully saturated rings. The van der Waals surface area contributed by atoms with E-state index in [2.05, 4.69) is 26.9 Å². The van der Waals surface area contributed by atoms with Crippen LogP contribution in [0.2, 0.25) is 0 Å². The molecule has 2 heterocycles. The first-order chi connectivity index (χ1) is 13.2. The summed E-state index contributed by atoms with van der Waals surface area (Å²) < 4.78 is 17.9. The third kappa shape index (κ3) is 3.05. The van der Waals surface area contributed by atoms with Gasteiger partial charge < -0.3 is 19.5 Å². The zero-order chi connectivity index (χ0) is 18.8. The molecule has 1 unspecified atom stereocenters. The van der Waals surface area contributed by atoms with E-state index in [0.29, 0.717) is 5.95 Å². The molecule has 0 bridgehead atoms. The van der Waals surface area contributed by atoms with E-state index < -0.39 is 0 Å². The van der Waals surface area contributed by atoms with Gasteiger partial charge in [-0.05, 0) is 64.5 Å². The Labute approximate surface area is 156 Å². The van der Waals surface area contributed by atoms with Crippen molar-refractivity contribution in [2.24, 2.45) is 0 Å². The average Bonchev–Trinajstić information content (AvgIpc) is 3.21. The lowest BCUT2D eigenvalue weighted by molar-refractivity contribution is 0.393. The molecule has 0 radical (unpaired) electrons. The highest BCUT2D eigenvalue weighted by Gasteiger charge is 2.27. The van der Waals surface area contributed by atoms with Gasteiger partial charge in [0.15, 0.2) is 0 Å². The standard InChI is InChI=1S/C19H19N5O3/c1-25-13-6-4-12(5-7-13)16-11-17(24-19(20-16)21-22-23-24)15-10-14(26-2)8-9-18(15)27-3/h4-11,17H,1-3H3,(H,20,21,23). The van der Waals surface area contributed by atoms with Crippen molar-refractivity contribution in [3.05, 3.63) is 59.7 Å². The molecule has 1 aliphatic heterocycles. The number of nitrogens with one attached hydrogen (secondary N) is 1. The summed E-state index contributed by atoms with van der Waals surface area (Å²) in [5, 5.41) is 15.3. The predicted molar refractivity (Wildman–Crippen MR) is 100 cm³/mol. The number of anilines is 1. The molecule has 8 heteroatoms. The summed E-state index contributed by atoms with van der Waals surface area (Å²) in [6.07, 6.45) is 2.06. The van der Waals surface area contributed by atoms with Crippen molar-refractivity contribution in [2.75, 3.05) is 26.6 Å². The fourth-order valence-corrected chi connectivity index (χ4v) is 3.08. The highest BCUT2D eigenvalue weighted by Crippen LogP contribution is 2.37. The van der Waals surface area contributed by atoms with Crippen molar-refractivity contribution >= 4 is 11.6 Å². The maximum Gasteiger partial charge on any atom is 0.248 e. The van der Waals surface area contributed by atoms with E-state index in [9.17, 15) is 0 Å². The first kappa shape index (κ1) is 16.9. The van der Waals surface area contributed by atoms with Crippen LogP contribution in [0.4, 0.5) is 5.95 Å². The Kier molecular flexibility index (Phi) is 4.37. The summed E-state index contributed by atoms with van der Waals surface area (Å²) in [5.41, 5.74) is 2.80. The van der Waals surface area contributed by atoms with Crippen molar-refractivity contribution in [1.29, 1.82) is 0 Å². The SMILES string of the molecule is COc1ccc(C2=CC(c3cc(OC)ccc3OC)n3nnnc3N2)cc1. The first-order valence-corrected chi connectivity index (χ1v) is 8.36. The fourth-order valence-electron chi connectivity index (χ4n) is 3.08. The fraction of sp³-hybridized carbons (Fsp3) is 0.211. The van der Waals surface area contributed by atoms with Gasteiger partial charge in [-0.1, -0.05) is 5.10 Å². The summed E-state index contributed by atoms with van der Waals surface area (Å²) in [7, 11) is 4.92. The van der Waals surface area contributed by atoms with Crippen LogP contribution < -0.4 is 19.5 Å². The van der Waals surface area contributed by atoms with Gasteiger partial charge in [0.05, 0.1) is 21.3 Å². The highest BCUT2D eigenvalue weighted by atomic mass is 16.5. The highest BCUT2D eigenvalue weighted by molar-refractivity contribution is 5.77. The van der Waals surface area contributed by atoms with Gasteiger partial charge in [-0.2, -0.15) is 4.68 Å². The number of rotatable bonds is 5. The van der Waals surface area contributed by atoms with Crippen molar-refractivity contribution in [3.63, 3.8) is 0 Å². The lowest BCUT2D eigenvalue weighted by atomic mass is 10.0.